The van der Waals surface area contributed by atoms with Crippen molar-refractivity contribution in [1.82, 2.24) is 14.6 Å². The Labute approximate surface area is 196 Å². The van der Waals surface area contributed by atoms with Crippen molar-refractivity contribution < 1.29 is 14.2 Å². The monoisotopic (exact) mass is 462 g/mol. The van der Waals surface area contributed by atoms with Crippen molar-refractivity contribution in [2.75, 3.05) is 26.6 Å². The number of nitrogens with one attached hydrogen (secondary N) is 1. The molecule has 7 nitrogen and oxygen atoms in total. The van der Waals surface area contributed by atoms with E-state index in [1.54, 1.807) is 32.7 Å². The van der Waals surface area contributed by atoms with Crippen molar-refractivity contribution in [1.29, 1.82) is 0 Å². The first-order valence-corrected chi connectivity index (χ1v) is 11.4. The number of ether oxygens (including phenoxy) is 3. The Morgan fingerprint density at radius 3 is 2.42 bits per heavy atom. The summed E-state index contributed by atoms with van der Waals surface area (Å²) in [5.74, 6) is 2.86. The van der Waals surface area contributed by atoms with Crippen LogP contribution < -0.4 is 19.5 Å². The highest BCUT2D eigenvalue weighted by Crippen LogP contribution is 2.36. The van der Waals surface area contributed by atoms with Crippen molar-refractivity contribution in [2.45, 2.75) is 13.8 Å². The van der Waals surface area contributed by atoms with Crippen molar-refractivity contribution >= 4 is 38.6 Å². The third kappa shape index (κ3) is 4.42. The fourth-order valence-corrected chi connectivity index (χ4v) is 4.48. The summed E-state index contributed by atoms with van der Waals surface area (Å²) in [7, 11) is 4.91. The van der Waals surface area contributed by atoms with E-state index in [2.05, 4.69) is 22.4 Å². The molecular weight excluding hydrogens is 436 g/mol. The van der Waals surface area contributed by atoms with Crippen molar-refractivity contribution in [3.8, 4) is 27.8 Å². The minimum absolute atomic E-state index is 0.651. The zero-order chi connectivity index (χ0) is 23.4. The first kappa shape index (κ1) is 22.4. The number of imidazole rings is 1. The molecule has 170 valence electrons. The van der Waals surface area contributed by atoms with Gasteiger partial charge >= 0.3 is 0 Å². The fraction of sp³-hybridized carbons (Fsp3) is 0.200. The van der Waals surface area contributed by atoms with Gasteiger partial charge in [0.2, 0.25) is 0 Å². The van der Waals surface area contributed by atoms with Gasteiger partial charge in [-0.15, -0.1) is 16.4 Å². The number of aromatic nitrogens is 3. The van der Waals surface area contributed by atoms with Gasteiger partial charge in [0, 0.05) is 16.5 Å². The van der Waals surface area contributed by atoms with Gasteiger partial charge in [-0.05, 0) is 53.9 Å². The Hall–Kier alpha value is -3.78. The Balaban J connectivity index is 0.00000126. The number of benzene rings is 2. The molecule has 0 fully saturated rings. The number of anilines is 2. The Morgan fingerprint density at radius 1 is 0.848 bits per heavy atom. The van der Waals surface area contributed by atoms with Gasteiger partial charge in [-0.1, -0.05) is 13.8 Å². The summed E-state index contributed by atoms with van der Waals surface area (Å²) in [6.45, 7) is 4.00. The van der Waals surface area contributed by atoms with E-state index < -0.39 is 0 Å². The molecule has 0 bridgehead atoms. The Bertz CT molecular complexity index is 1390. The molecule has 5 rings (SSSR count). The number of nitrogens with zero attached hydrogens (tertiary/aromatic N) is 3. The fourth-order valence-electron chi connectivity index (χ4n) is 3.44. The highest BCUT2D eigenvalue weighted by Gasteiger charge is 2.12. The van der Waals surface area contributed by atoms with Gasteiger partial charge in [0.1, 0.15) is 11.4 Å². The topological polar surface area (TPSA) is 69.9 Å². The third-order valence-corrected chi connectivity index (χ3v) is 6.13. The van der Waals surface area contributed by atoms with Crippen LogP contribution in [0.15, 0.2) is 60.8 Å². The lowest BCUT2D eigenvalue weighted by Gasteiger charge is -2.11. The Kier molecular flexibility index (Phi) is 6.65. The largest absolute Gasteiger partial charge is 0.497 e. The van der Waals surface area contributed by atoms with Crippen LogP contribution in [0, 0.1) is 0 Å². The first-order chi connectivity index (χ1) is 16.2. The van der Waals surface area contributed by atoms with E-state index in [9.17, 15) is 0 Å². The van der Waals surface area contributed by atoms with Crippen molar-refractivity contribution in [3.05, 3.63) is 60.8 Å². The van der Waals surface area contributed by atoms with Gasteiger partial charge in [0.25, 0.3) is 0 Å². The molecule has 0 atom stereocenters. The van der Waals surface area contributed by atoms with Gasteiger partial charge in [-0.3, -0.25) is 0 Å². The van der Waals surface area contributed by atoms with Gasteiger partial charge < -0.3 is 19.5 Å². The van der Waals surface area contributed by atoms with Crippen LogP contribution in [0.2, 0.25) is 0 Å². The minimum atomic E-state index is 0.651. The predicted molar refractivity (Wildman–Crippen MR) is 135 cm³/mol. The zero-order valence-electron chi connectivity index (χ0n) is 19.2. The van der Waals surface area contributed by atoms with Crippen LogP contribution in [0.4, 0.5) is 11.5 Å². The maximum atomic E-state index is 5.39. The number of thiophene rings is 1. The molecule has 5 aromatic rings. The lowest BCUT2D eigenvalue weighted by Crippen LogP contribution is -2.00. The molecule has 33 heavy (non-hydrogen) atoms. The molecular formula is C25H26N4O3S. The molecule has 8 heteroatoms. The van der Waals surface area contributed by atoms with Crippen LogP contribution in [0.1, 0.15) is 13.8 Å². The normalized spacial score (nSPS) is 10.6. The third-order valence-electron chi connectivity index (χ3n) is 4.99. The lowest BCUT2D eigenvalue weighted by atomic mass is 10.2. The number of fused-ring (bicyclic) bond motifs is 2. The van der Waals surface area contributed by atoms with Crippen LogP contribution in [-0.2, 0) is 0 Å². The second-order valence-corrected chi connectivity index (χ2v) is 7.92. The molecule has 0 aliphatic heterocycles. The maximum absolute atomic E-state index is 5.39. The van der Waals surface area contributed by atoms with Crippen LogP contribution in [0.3, 0.4) is 0 Å². The minimum Gasteiger partial charge on any atom is -0.497 e. The molecule has 2 aromatic carbocycles. The zero-order valence-corrected chi connectivity index (χ0v) is 20.1. The average Bonchev–Trinajstić information content (AvgIpc) is 3.48. The van der Waals surface area contributed by atoms with E-state index in [4.69, 9.17) is 19.3 Å². The summed E-state index contributed by atoms with van der Waals surface area (Å²) in [6.07, 6.45) is 1.85. The van der Waals surface area contributed by atoms with Crippen LogP contribution in [0.25, 0.3) is 26.3 Å². The van der Waals surface area contributed by atoms with Gasteiger partial charge in [-0.2, -0.15) is 0 Å². The predicted octanol–water partition coefficient (Wildman–Crippen LogP) is 6.41. The first-order valence-electron chi connectivity index (χ1n) is 10.6. The standard InChI is InChI=1S/C23H20N4O3S.C2H6/c1-28-16-5-7-20-14(10-16)11-21(31-20)17-13-24-23-9-8-22(26-27(17)23)25-15-4-6-18(29-2)19(12-15)30-3;1-2/h4-13H,1-3H3,(H,25,26);1-2H3. The summed E-state index contributed by atoms with van der Waals surface area (Å²) >= 11 is 1.70. The summed E-state index contributed by atoms with van der Waals surface area (Å²) < 4.78 is 19.1. The van der Waals surface area contributed by atoms with Gasteiger partial charge in [-0.25, -0.2) is 9.50 Å². The van der Waals surface area contributed by atoms with Crippen molar-refractivity contribution in [3.63, 3.8) is 0 Å². The number of rotatable bonds is 6. The van der Waals surface area contributed by atoms with Crippen LogP contribution in [-0.4, -0.2) is 35.9 Å². The second-order valence-electron chi connectivity index (χ2n) is 6.84. The SMILES string of the molecule is CC.COc1ccc2sc(-c3cnc4ccc(Nc5ccc(OC)c(OC)c5)nn34)cc2c1. The molecule has 0 amide bonds. The second kappa shape index (κ2) is 9.79. The van der Waals surface area contributed by atoms with E-state index in [0.717, 1.165) is 33.0 Å². The molecule has 0 saturated heterocycles. The lowest BCUT2D eigenvalue weighted by molar-refractivity contribution is 0.355. The molecule has 3 heterocycles. The molecule has 0 unspecified atom stereocenters. The summed E-state index contributed by atoms with van der Waals surface area (Å²) in [5.41, 5.74) is 2.56. The molecule has 0 radical (unpaired) electrons. The average molecular weight is 463 g/mol. The van der Waals surface area contributed by atoms with Gasteiger partial charge in [0.05, 0.1) is 32.4 Å². The highest BCUT2D eigenvalue weighted by molar-refractivity contribution is 7.22. The smallest absolute Gasteiger partial charge is 0.162 e. The molecule has 0 aliphatic carbocycles. The van der Waals surface area contributed by atoms with Crippen LogP contribution >= 0.6 is 11.3 Å². The van der Waals surface area contributed by atoms with Crippen molar-refractivity contribution in [2.24, 2.45) is 0 Å². The quantitative estimate of drug-likeness (QED) is 0.315. The van der Waals surface area contributed by atoms with E-state index in [-0.39, 0.29) is 0 Å². The summed E-state index contributed by atoms with van der Waals surface area (Å²) in [5, 5.41) is 9.22. The van der Waals surface area contributed by atoms with E-state index in [0.29, 0.717) is 17.3 Å². The number of hydrogen-bond acceptors (Lipinski definition) is 7. The highest BCUT2D eigenvalue weighted by atomic mass is 32.1. The Morgan fingerprint density at radius 2 is 1.67 bits per heavy atom. The number of hydrogen-bond donors (Lipinski definition) is 1. The number of methoxy groups -OCH3 is 3. The van der Waals surface area contributed by atoms with E-state index in [1.807, 2.05) is 67.0 Å². The molecule has 3 aromatic heterocycles. The van der Waals surface area contributed by atoms with Gasteiger partial charge in [0.15, 0.2) is 23.0 Å². The van der Waals surface area contributed by atoms with Crippen LogP contribution in [0.5, 0.6) is 17.2 Å². The molecule has 1 N–H and O–H groups in total. The molecule has 0 saturated carbocycles. The van der Waals surface area contributed by atoms with E-state index in [1.165, 1.54) is 4.70 Å². The summed E-state index contributed by atoms with van der Waals surface area (Å²) in [4.78, 5) is 5.60. The summed E-state index contributed by atoms with van der Waals surface area (Å²) in [6, 6.07) is 17.7. The molecule has 0 spiro atoms. The van der Waals surface area contributed by atoms with E-state index >= 15 is 0 Å². The molecule has 0 aliphatic rings. The maximum Gasteiger partial charge on any atom is 0.162 e.